The molecule has 9 heteroatoms. The summed E-state index contributed by atoms with van der Waals surface area (Å²) >= 11 is 1.30. The normalized spacial score (nSPS) is 12.9. The maximum atomic E-state index is 13.3. The highest BCUT2D eigenvalue weighted by molar-refractivity contribution is 7.21. The number of aromatic nitrogens is 1. The van der Waals surface area contributed by atoms with Crippen LogP contribution in [-0.2, 0) is 0 Å². The zero-order valence-electron chi connectivity index (χ0n) is 20.0. The first kappa shape index (κ1) is 24.0. The number of hydrogen-bond acceptors (Lipinski definition) is 6. The van der Waals surface area contributed by atoms with E-state index in [2.05, 4.69) is 27.9 Å². The van der Waals surface area contributed by atoms with Gasteiger partial charge in [0.05, 0.1) is 28.6 Å². The van der Waals surface area contributed by atoms with Crippen molar-refractivity contribution in [2.75, 3.05) is 29.9 Å². The fourth-order valence-electron chi connectivity index (χ4n) is 4.04. The number of carbonyl (C=O) groups is 2. The monoisotopic (exact) mass is 481 g/mol. The predicted molar refractivity (Wildman–Crippen MR) is 138 cm³/mol. The van der Waals surface area contributed by atoms with Crippen LogP contribution in [0.3, 0.4) is 0 Å². The van der Waals surface area contributed by atoms with E-state index >= 15 is 0 Å². The number of unbranched alkanes of at least 4 members (excludes halogenated alkanes) is 1. The lowest BCUT2D eigenvalue weighted by molar-refractivity contribution is 0.0958. The van der Waals surface area contributed by atoms with Crippen LogP contribution in [0.2, 0.25) is 0 Å². The Bertz CT molecular complexity index is 1210. The average Bonchev–Trinajstić information content (AvgIpc) is 3.16. The minimum absolute atomic E-state index is 0.0642. The number of carbonyl (C=O) groups excluding carboxylic acids is 2. The molecule has 8 nitrogen and oxygen atoms in total. The van der Waals surface area contributed by atoms with E-state index in [0.717, 1.165) is 48.3 Å². The molecule has 1 aromatic carbocycles. The third-order valence-corrected chi connectivity index (χ3v) is 6.65. The number of ether oxygens (including phenoxy) is 1. The first-order valence-corrected chi connectivity index (χ1v) is 12.5. The van der Waals surface area contributed by atoms with Gasteiger partial charge < -0.3 is 20.7 Å². The van der Waals surface area contributed by atoms with E-state index in [1.165, 1.54) is 11.3 Å². The molecule has 1 aliphatic heterocycles. The molecule has 0 atom stereocenters. The first-order chi connectivity index (χ1) is 16.4. The summed E-state index contributed by atoms with van der Waals surface area (Å²) < 4.78 is 5.79. The summed E-state index contributed by atoms with van der Waals surface area (Å²) in [6, 6.07) is 7.19. The van der Waals surface area contributed by atoms with Crippen LogP contribution in [0.25, 0.3) is 10.2 Å². The molecule has 0 radical (unpaired) electrons. The molecular formula is C25H31N5O3S. The van der Waals surface area contributed by atoms with Gasteiger partial charge in [-0.25, -0.2) is 9.78 Å². The molecule has 0 saturated heterocycles. The molecule has 3 aromatic rings. The highest BCUT2D eigenvalue weighted by Crippen LogP contribution is 2.46. The summed E-state index contributed by atoms with van der Waals surface area (Å²) in [7, 11) is 0. The molecule has 0 saturated carbocycles. The van der Waals surface area contributed by atoms with Gasteiger partial charge in [0.25, 0.3) is 5.91 Å². The van der Waals surface area contributed by atoms with Crippen LogP contribution in [0.15, 0.2) is 30.5 Å². The van der Waals surface area contributed by atoms with Crippen molar-refractivity contribution in [3.8, 4) is 5.75 Å². The minimum atomic E-state index is -0.307. The number of benzene rings is 1. The topological polar surface area (TPSA) is 95.6 Å². The molecule has 0 aliphatic carbocycles. The van der Waals surface area contributed by atoms with Crippen molar-refractivity contribution >= 4 is 50.6 Å². The van der Waals surface area contributed by atoms with Crippen LogP contribution in [0.1, 0.15) is 48.8 Å². The molecular weight excluding hydrogens is 450 g/mol. The summed E-state index contributed by atoms with van der Waals surface area (Å²) in [6.45, 7) is 10.4. The first-order valence-electron chi connectivity index (χ1n) is 11.7. The Balaban J connectivity index is 1.62. The van der Waals surface area contributed by atoms with Gasteiger partial charge in [-0.1, -0.05) is 6.92 Å². The number of pyridine rings is 1. The van der Waals surface area contributed by atoms with Crippen molar-refractivity contribution in [2.24, 2.45) is 0 Å². The van der Waals surface area contributed by atoms with Crippen molar-refractivity contribution in [3.63, 3.8) is 0 Å². The third-order valence-electron chi connectivity index (χ3n) is 5.55. The molecule has 34 heavy (non-hydrogen) atoms. The summed E-state index contributed by atoms with van der Waals surface area (Å²) in [4.78, 5) is 33.5. The van der Waals surface area contributed by atoms with Gasteiger partial charge in [0, 0.05) is 12.7 Å². The number of urea groups is 1. The van der Waals surface area contributed by atoms with Gasteiger partial charge in [0.2, 0.25) is 0 Å². The van der Waals surface area contributed by atoms with E-state index in [4.69, 9.17) is 4.74 Å². The Kier molecular flexibility index (Phi) is 7.33. The second kappa shape index (κ2) is 10.4. The lowest BCUT2D eigenvalue weighted by Crippen LogP contribution is -2.35. The molecule has 2 aromatic heterocycles. The average molecular weight is 482 g/mol. The summed E-state index contributed by atoms with van der Waals surface area (Å²) in [6.07, 6.45) is 3.62. The largest absolute Gasteiger partial charge is 0.491 e. The molecule has 180 valence electrons. The van der Waals surface area contributed by atoms with E-state index in [0.29, 0.717) is 27.6 Å². The third kappa shape index (κ3) is 4.85. The molecule has 3 heterocycles. The number of aryl methyl sites for hydroxylation is 1. The maximum absolute atomic E-state index is 13.3. The minimum Gasteiger partial charge on any atom is -0.491 e. The molecule has 0 unspecified atom stereocenters. The molecule has 0 fully saturated rings. The lowest BCUT2D eigenvalue weighted by Gasteiger charge is -2.29. The van der Waals surface area contributed by atoms with Crippen molar-refractivity contribution in [1.29, 1.82) is 0 Å². The Morgan fingerprint density at radius 2 is 2.00 bits per heavy atom. The molecule has 4 rings (SSSR count). The number of thiophene rings is 1. The zero-order chi connectivity index (χ0) is 24.2. The van der Waals surface area contributed by atoms with E-state index < -0.39 is 0 Å². The zero-order valence-corrected chi connectivity index (χ0v) is 20.8. The summed E-state index contributed by atoms with van der Waals surface area (Å²) in [5, 5.41) is 9.99. The van der Waals surface area contributed by atoms with E-state index in [1.54, 1.807) is 11.1 Å². The number of anilines is 3. The number of rotatable bonds is 10. The van der Waals surface area contributed by atoms with E-state index in [9.17, 15) is 9.59 Å². The predicted octanol–water partition coefficient (Wildman–Crippen LogP) is 5.20. The fourth-order valence-corrected chi connectivity index (χ4v) is 5.08. The van der Waals surface area contributed by atoms with Gasteiger partial charge in [-0.15, -0.1) is 11.3 Å². The number of nitrogens with one attached hydrogen (secondary N) is 3. The maximum Gasteiger partial charge on any atom is 0.331 e. The number of amides is 3. The lowest BCUT2D eigenvalue weighted by atomic mass is 10.1. The Hall–Kier alpha value is -3.17. The molecule has 0 spiro atoms. The number of nitrogens with zero attached hydrogens (tertiary/aromatic N) is 2. The Labute approximate surface area is 203 Å². The van der Waals surface area contributed by atoms with E-state index in [-0.39, 0.29) is 18.0 Å². The highest BCUT2D eigenvalue weighted by Gasteiger charge is 2.33. The van der Waals surface area contributed by atoms with Gasteiger partial charge in [-0.2, -0.15) is 0 Å². The van der Waals surface area contributed by atoms with Gasteiger partial charge in [0.15, 0.2) is 0 Å². The van der Waals surface area contributed by atoms with Gasteiger partial charge in [-0.3, -0.25) is 9.69 Å². The van der Waals surface area contributed by atoms with Crippen LogP contribution >= 0.6 is 11.3 Å². The van der Waals surface area contributed by atoms with Crippen molar-refractivity contribution in [3.05, 3.63) is 40.9 Å². The molecule has 1 aliphatic rings. The van der Waals surface area contributed by atoms with Crippen LogP contribution in [0.5, 0.6) is 5.75 Å². The molecule has 0 bridgehead atoms. The van der Waals surface area contributed by atoms with E-state index in [1.807, 2.05) is 45.0 Å². The van der Waals surface area contributed by atoms with Crippen molar-refractivity contribution in [2.45, 2.75) is 46.6 Å². The van der Waals surface area contributed by atoms with Gasteiger partial charge in [-0.05, 0) is 76.5 Å². The highest BCUT2D eigenvalue weighted by atomic mass is 32.1. The van der Waals surface area contributed by atoms with Crippen LogP contribution in [0.4, 0.5) is 21.9 Å². The molecule has 3 amide bonds. The summed E-state index contributed by atoms with van der Waals surface area (Å²) in [5.41, 5.74) is 2.91. The van der Waals surface area contributed by atoms with Crippen molar-refractivity contribution < 1.29 is 14.3 Å². The van der Waals surface area contributed by atoms with Gasteiger partial charge in [0.1, 0.15) is 15.5 Å². The van der Waals surface area contributed by atoms with Crippen molar-refractivity contribution in [1.82, 2.24) is 15.6 Å². The van der Waals surface area contributed by atoms with Crippen LogP contribution in [0, 0.1) is 6.92 Å². The standard InChI is InChI=1S/C25H31N5O3S/c1-5-26-11-6-7-12-27-23(31)22-21-20-19(10-13-28-24(20)34-22)30(25(32)29-21)18-9-8-17(14-16(18)4)33-15(2)3/h8-10,13-15,26H,5-7,11-12H2,1-4H3,(H,27,31)(H,29,32). The second-order valence-electron chi connectivity index (χ2n) is 8.51. The van der Waals surface area contributed by atoms with Crippen LogP contribution in [-0.4, -0.2) is 42.7 Å². The Morgan fingerprint density at radius 3 is 2.74 bits per heavy atom. The quantitative estimate of drug-likeness (QED) is 0.346. The van der Waals surface area contributed by atoms with Gasteiger partial charge >= 0.3 is 6.03 Å². The second-order valence-corrected chi connectivity index (χ2v) is 9.51. The SMILES string of the molecule is CCNCCCCNC(=O)c1sc2nccc3c2c1NC(=O)N3c1ccc(OC(C)C)cc1C. The molecule has 3 N–H and O–H groups in total. The summed E-state index contributed by atoms with van der Waals surface area (Å²) in [5.74, 6) is 0.571. The Morgan fingerprint density at radius 1 is 1.21 bits per heavy atom. The van der Waals surface area contributed by atoms with Crippen LogP contribution < -0.4 is 25.6 Å². The smallest absolute Gasteiger partial charge is 0.331 e. The fraction of sp³-hybridized carbons (Fsp3) is 0.400. The number of hydrogen-bond donors (Lipinski definition) is 3.